The molecule has 60 valence electrons. The van der Waals surface area contributed by atoms with Crippen molar-refractivity contribution in [1.29, 1.82) is 0 Å². The number of benzene rings is 1. The maximum absolute atomic E-state index is 12.5. The van der Waals surface area contributed by atoms with Crippen LogP contribution in [0.5, 0.6) is 0 Å². The lowest BCUT2D eigenvalue weighted by atomic mass is 10.2. The Hall–Kier alpha value is -0.450. The zero-order valence-electron chi connectivity index (χ0n) is 5.77. The lowest BCUT2D eigenvalue weighted by Crippen LogP contribution is -2.21. The van der Waals surface area contributed by atoms with E-state index in [-0.39, 0.29) is 5.82 Å². The second-order valence-electron chi connectivity index (χ2n) is 2.12. The van der Waals surface area contributed by atoms with Crippen LogP contribution in [0.4, 0.5) is 4.39 Å². The van der Waals surface area contributed by atoms with E-state index < -0.39 is 0 Å². The van der Waals surface area contributed by atoms with Gasteiger partial charge in [0.2, 0.25) is 0 Å². The van der Waals surface area contributed by atoms with Crippen molar-refractivity contribution in [3.63, 3.8) is 0 Å². The second kappa shape index (κ2) is 3.80. The van der Waals surface area contributed by atoms with Crippen molar-refractivity contribution in [1.82, 2.24) is 5.43 Å². The average molecular weight is 219 g/mol. The molecule has 1 rings (SSSR count). The third-order valence-corrected chi connectivity index (χ3v) is 2.05. The molecule has 4 heteroatoms. The molecule has 0 aliphatic rings. The van der Waals surface area contributed by atoms with E-state index in [1.54, 1.807) is 6.07 Å². The van der Waals surface area contributed by atoms with E-state index in [9.17, 15) is 4.39 Å². The average Bonchev–Trinajstić information content (AvgIpc) is 1.95. The van der Waals surface area contributed by atoms with Gasteiger partial charge in [0.05, 0.1) is 0 Å². The minimum atomic E-state index is -0.252. The standard InChI is InChI=1S/C7H8BrFN2/c8-7-3-6(9)2-1-5(7)4-11-10/h1-3,11H,4,10H2. The summed E-state index contributed by atoms with van der Waals surface area (Å²) in [6.45, 7) is 0.529. The largest absolute Gasteiger partial charge is 0.271 e. The molecule has 0 fully saturated rings. The Bertz CT molecular complexity index is 252. The first-order chi connectivity index (χ1) is 5.24. The van der Waals surface area contributed by atoms with Crippen LogP contribution >= 0.6 is 15.9 Å². The molecule has 0 unspecified atom stereocenters. The minimum absolute atomic E-state index is 0.252. The van der Waals surface area contributed by atoms with Crippen molar-refractivity contribution in [2.24, 2.45) is 5.84 Å². The Morgan fingerprint density at radius 2 is 2.27 bits per heavy atom. The van der Waals surface area contributed by atoms with Crippen LogP contribution in [0.15, 0.2) is 22.7 Å². The van der Waals surface area contributed by atoms with Gasteiger partial charge in [0.1, 0.15) is 5.82 Å². The maximum Gasteiger partial charge on any atom is 0.124 e. The predicted octanol–water partition coefficient (Wildman–Crippen LogP) is 1.55. The Balaban J connectivity index is 2.90. The molecular weight excluding hydrogens is 211 g/mol. The normalized spacial score (nSPS) is 10.1. The fraction of sp³-hybridized carbons (Fsp3) is 0.143. The highest BCUT2D eigenvalue weighted by molar-refractivity contribution is 9.10. The van der Waals surface area contributed by atoms with Crippen LogP contribution in [0.1, 0.15) is 5.56 Å². The second-order valence-corrected chi connectivity index (χ2v) is 2.97. The Morgan fingerprint density at radius 1 is 1.55 bits per heavy atom. The third-order valence-electron chi connectivity index (χ3n) is 1.31. The summed E-state index contributed by atoms with van der Waals surface area (Å²) in [6.07, 6.45) is 0. The number of nitrogens with one attached hydrogen (secondary N) is 1. The van der Waals surface area contributed by atoms with Crippen molar-refractivity contribution >= 4 is 15.9 Å². The van der Waals surface area contributed by atoms with Crippen LogP contribution in [0.2, 0.25) is 0 Å². The molecule has 0 bridgehead atoms. The lowest BCUT2D eigenvalue weighted by Gasteiger charge is -2.01. The smallest absolute Gasteiger partial charge is 0.124 e. The van der Waals surface area contributed by atoms with Gasteiger partial charge in [0, 0.05) is 11.0 Å². The SMILES string of the molecule is NNCc1ccc(F)cc1Br. The topological polar surface area (TPSA) is 38.0 Å². The molecule has 0 saturated carbocycles. The lowest BCUT2D eigenvalue weighted by molar-refractivity contribution is 0.624. The maximum atomic E-state index is 12.5. The fourth-order valence-electron chi connectivity index (χ4n) is 0.775. The molecule has 0 radical (unpaired) electrons. The fourth-order valence-corrected chi connectivity index (χ4v) is 1.27. The van der Waals surface area contributed by atoms with Crippen LogP contribution < -0.4 is 11.3 Å². The van der Waals surface area contributed by atoms with Crippen LogP contribution in [0.3, 0.4) is 0 Å². The van der Waals surface area contributed by atoms with Crippen molar-refractivity contribution in [2.75, 3.05) is 0 Å². The highest BCUT2D eigenvalue weighted by Crippen LogP contribution is 2.17. The number of rotatable bonds is 2. The summed E-state index contributed by atoms with van der Waals surface area (Å²) in [7, 11) is 0. The van der Waals surface area contributed by atoms with Gasteiger partial charge in [-0.1, -0.05) is 22.0 Å². The molecule has 0 spiro atoms. The number of nitrogens with two attached hydrogens (primary N) is 1. The van der Waals surface area contributed by atoms with E-state index in [0.717, 1.165) is 10.0 Å². The van der Waals surface area contributed by atoms with E-state index in [1.165, 1.54) is 12.1 Å². The number of hydrogen-bond acceptors (Lipinski definition) is 2. The van der Waals surface area contributed by atoms with Gasteiger partial charge in [-0.25, -0.2) is 4.39 Å². The summed E-state index contributed by atoms with van der Waals surface area (Å²) >= 11 is 3.21. The predicted molar refractivity (Wildman–Crippen MR) is 45.1 cm³/mol. The van der Waals surface area contributed by atoms with Gasteiger partial charge >= 0.3 is 0 Å². The first-order valence-electron chi connectivity index (χ1n) is 3.11. The highest BCUT2D eigenvalue weighted by atomic mass is 79.9. The van der Waals surface area contributed by atoms with Gasteiger partial charge in [-0.15, -0.1) is 0 Å². The first kappa shape index (κ1) is 8.64. The van der Waals surface area contributed by atoms with Crippen LogP contribution in [-0.2, 0) is 6.54 Å². The molecule has 0 aliphatic heterocycles. The van der Waals surface area contributed by atoms with Crippen molar-refractivity contribution in [3.8, 4) is 0 Å². The van der Waals surface area contributed by atoms with E-state index in [1.807, 2.05) is 0 Å². The molecule has 0 amide bonds. The summed E-state index contributed by atoms with van der Waals surface area (Å²) in [5, 5.41) is 0. The van der Waals surface area contributed by atoms with Gasteiger partial charge in [0.15, 0.2) is 0 Å². The van der Waals surface area contributed by atoms with Gasteiger partial charge in [-0.3, -0.25) is 11.3 Å². The molecule has 3 N–H and O–H groups in total. The van der Waals surface area contributed by atoms with Crippen molar-refractivity contribution in [2.45, 2.75) is 6.54 Å². The quantitative estimate of drug-likeness (QED) is 0.585. The molecule has 0 saturated heterocycles. The minimum Gasteiger partial charge on any atom is -0.271 e. The summed E-state index contributed by atoms with van der Waals surface area (Å²) in [5.74, 6) is 4.85. The van der Waals surface area contributed by atoms with E-state index in [2.05, 4.69) is 21.4 Å². The molecule has 1 aromatic carbocycles. The van der Waals surface area contributed by atoms with Gasteiger partial charge < -0.3 is 0 Å². The van der Waals surface area contributed by atoms with Crippen LogP contribution in [0, 0.1) is 5.82 Å². The van der Waals surface area contributed by atoms with Crippen LogP contribution in [0.25, 0.3) is 0 Å². The van der Waals surface area contributed by atoms with Gasteiger partial charge in [-0.2, -0.15) is 0 Å². The number of hydrogen-bond donors (Lipinski definition) is 2. The summed E-state index contributed by atoms with van der Waals surface area (Å²) < 4.78 is 13.2. The molecule has 1 aromatic rings. The molecule has 11 heavy (non-hydrogen) atoms. The summed E-state index contributed by atoms with van der Waals surface area (Å²) in [5.41, 5.74) is 3.43. The summed E-state index contributed by atoms with van der Waals surface area (Å²) in [4.78, 5) is 0. The van der Waals surface area contributed by atoms with Gasteiger partial charge in [-0.05, 0) is 17.7 Å². The highest BCUT2D eigenvalue weighted by Gasteiger charge is 1.98. The van der Waals surface area contributed by atoms with Gasteiger partial charge in [0.25, 0.3) is 0 Å². The first-order valence-corrected chi connectivity index (χ1v) is 3.90. The van der Waals surface area contributed by atoms with E-state index in [4.69, 9.17) is 5.84 Å². The molecule has 0 heterocycles. The van der Waals surface area contributed by atoms with Crippen molar-refractivity contribution < 1.29 is 4.39 Å². The Morgan fingerprint density at radius 3 is 2.82 bits per heavy atom. The van der Waals surface area contributed by atoms with E-state index in [0.29, 0.717) is 6.54 Å². The summed E-state index contributed by atoms with van der Waals surface area (Å²) in [6, 6.07) is 4.49. The zero-order chi connectivity index (χ0) is 8.27. The van der Waals surface area contributed by atoms with Crippen molar-refractivity contribution in [3.05, 3.63) is 34.1 Å². The molecular formula is C7H8BrFN2. The Labute approximate surface area is 72.7 Å². The monoisotopic (exact) mass is 218 g/mol. The van der Waals surface area contributed by atoms with E-state index >= 15 is 0 Å². The zero-order valence-corrected chi connectivity index (χ0v) is 7.36. The number of hydrazine groups is 1. The third kappa shape index (κ3) is 2.25. The van der Waals surface area contributed by atoms with Crippen LogP contribution in [-0.4, -0.2) is 0 Å². The molecule has 2 nitrogen and oxygen atoms in total. The molecule has 0 aromatic heterocycles. The number of halogens is 2. The molecule has 0 aliphatic carbocycles. The molecule has 0 atom stereocenters. The Kier molecular flexibility index (Phi) is 2.99.